The second-order valence-electron chi connectivity index (χ2n) is 3.59. The van der Waals surface area contributed by atoms with E-state index in [0.29, 0.717) is 4.47 Å². The number of benzene rings is 1. The van der Waals surface area contributed by atoms with Crippen LogP contribution >= 0.6 is 15.9 Å². The van der Waals surface area contributed by atoms with Gasteiger partial charge in [-0.05, 0) is 40.6 Å². The molecule has 6 heteroatoms. The Morgan fingerprint density at radius 2 is 2.06 bits per heavy atom. The van der Waals surface area contributed by atoms with Crippen molar-refractivity contribution >= 4 is 31.9 Å². The maximum atomic E-state index is 11.9. The van der Waals surface area contributed by atoms with E-state index in [-0.39, 0.29) is 4.90 Å². The van der Waals surface area contributed by atoms with Gasteiger partial charge in [-0.25, -0.2) is 13.1 Å². The Bertz CT molecular complexity index is 552. The standard InChI is InChI=1S/C12H14BrNO3S/c1-2-3-4-9-12(15)14-18(16,17)11-8-6-5-7-10(11)13/h4-9H,2-3H2,1H3,(H,14,15). The SMILES string of the molecule is CCCC=CC(=O)NS(=O)(=O)c1ccccc1Br. The highest BCUT2D eigenvalue weighted by atomic mass is 79.9. The van der Waals surface area contributed by atoms with Crippen molar-refractivity contribution in [3.05, 3.63) is 40.9 Å². The molecule has 0 aliphatic rings. The van der Waals surface area contributed by atoms with E-state index in [1.165, 1.54) is 12.1 Å². The van der Waals surface area contributed by atoms with E-state index in [1.54, 1.807) is 24.3 Å². The number of rotatable bonds is 5. The molecule has 1 aromatic rings. The predicted octanol–water partition coefficient (Wildman–Crippen LogP) is 2.61. The minimum Gasteiger partial charge on any atom is -0.269 e. The highest BCUT2D eigenvalue weighted by Gasteiger charge is 2.18. The second kappa shape index (κ2) is 6.70. The van der Waals surface area contributed by atoms with Crippen molar-refractivity contribution in [2.75, 3.05) is 0 Å². The average Bonchev–Trinajstić information content (AvgIpc) is 2.29. The van der Waals surface area contributed by atoms with Gasteiger partial charge in [-0.3, -0.25) is 4.79 Å². The lowest BCUT2D eigenvalue weighted by Crippen LogP contribution is -2.29. The first-order valence-electron chi connectivity index (χ1n) is 5.45. The highest BCUT2D eigenvalue weighted by molar-refractivity contribution is 9.10. The number of unbranched alkanes of at least 4 members (excludes halogenated alkanes) is 1. The van der Waals surface area contributed by atoms with Gasteiger partial charge in [-0.2, -0.15) is 0 Å². The fraction of sp³-hybridized carbons (Fsp3) is 0.250. The summed E-state index contributed by atoms with van der Waals surface area (Å²) in [7, 11) is -3.82. The zero-order valence-corrected chi connectivity index (χ0v) is 12.3. The second-order valence-corrected chi connectivity index (χ2v) is 6.10. The third-order valence-electron chi connectivity index (χ3n) is 2.09. The first-order chi connectivity index (χ1) is 8.47. The fourth-order valence-electron chi connectivity index (χ4n) is 1.24. The van der Waals surface area contributed by atoms with Crippen molar-refractivity contribution in [1.82, 2.24) is 4.72 Å². The molecule has 0 aliphatic heterocycles. The number of nitrogens with one attached hydrogen (secondary N) is 1. The minimum absolute atomic E-state index is 0.0437. The number of hydrogen-bond donors (Lipinski definition) is 1. The monoisotopic (exact) mass is 331 g/mol. The maximum Gasteiger partial charge on any atom is 0.265 e. The Hall–Kier alpha value is -1.14. The van der Waals surface area contributed by atoms with E-state index in [2.05, 4.69) is 15.9 Å². The van der Waals surface area contributed by atoms with Crippen molar-refractivity contribution in [3.8, 4) is 0 Å². The first kappa shape index (κ1) is 14.9. The summed E-state index contributed by atoms with van der Waals surface area (Å²) in [5.41, 5.74) is 0. The van der Waals surface area contributed by atoms with Crippen molar-refractivity contribution in [1.29, 1.82) is 0 Å². The zero-order chi connectivity index (χ0) is 13.6. The maximum absolute atomic E-state index is 11.9. The number of amides is 1. The van der Waals surface area contributed by atoms with Crippen LogP contribution in [0.3, 0.4) is 0 Å². The van der Waals surface area contributed by atoms with Crippen LogP contribution in [0.25, 0.3) is 0 Å². The van der Waals surface area contributed by atoms with Gasteiger partial charge in [0.15, 0.2) is 0 Å². The number of hydrogen-bond acceptors (Lipinski definition) is 3. The Balaban J connectivity index is 2.84. The zero-order valence-electron chi connectivity index (χ0n) is 9.89. The third kappa shape index (κ3) is 4.27. The van der Waals surface area contributed by atoms with Crippen molar-refractivity contribution in [3.63, 3.8) is 0 Å². The van der Waals surface area contributed by atoms with Crippen molar-refractivity contribution in [2.24, 2.45) is 0 Å². The Morgan fingerprint density at radius 1 is 1.39 bits per heavy atom. The molecule has 98 valence electrons. The van der Waals surface area contributed by atoms with Crippen LogP contribution in [0.15, 0.2) is 45.8 Å². The molecule has 0 fully saturated rings. The lowest BCUT2D eigenvalue weighted by Gasteiger charge is -2.06. The van der Waals surface area contributed by atoms with E-state index in [9.17, 15) is 13.2 Å². The Morgan fingerprint density at radius 3 is 2.67 bits per heavy atom. The van der Waals surface area contributed by atoms with Crippen LogP contribution in [-0.2, 0) is 14.8 Å². The molecule has 1 amide bonds. The lowest BCUT2D eigenvalue weighted by atomic mass is 10.3. The Kier molecular flexibility index (Phi) is 5.55. The summed E-state index contributed by atoms with van der Waals surface area (Å²) in [5.74, 6) is -0.640. The molecule has 0 spiro atoms. The van der Waals surface area contributed by atoms with Crippen LogP contribution in [-0.4, -0.2) is 14.3 Å². The molecular weight excluding hydrogens is 318 g/mol. The molecule has 0 aromatic heterocycles. The largest absolute Gasteiger partial charge is 0.269 e. The molecule has 1 N–H and O–H groups in total. The molecule has 0 bridgehead atoms. The normalized spacial score (nSPS) is 11.7. The highest BCUT2D eigenvalue weighted by Crippen LogP contribution is 2.20. The van der Waals surface area contributed by atoms with E-state index in [4.69, 9.17) is 0 Å². The summed E-state index contributed by atoms with van der Waals surface area (Å²) in [6.07, 6.45) is 4.52. The summed E-state index contributed by atoms with van der Waals surface area (Å²) >= 11 is 3.14. The van der Waals surface area contributed by atoms with E-state index in [1.807, 2.05) is 11.6 Å². The van der Waals surface area contributed by atoms with Crippen LogP contribution in [0.4, 0.5) is 0 Å². The number of allylic oxidation sites excluding steroid dienone is 1. The molecule has 1 aromatic carbocycles. The molecule has 0 unspecified atom stereocenters. The van der Waals surface area contributed by atoms with E-state index < -0.39 is 15.9 Å². The molecule has 0 saturated carbocycles. The van der Waals surface area contributed by atoms with Crippen LogP contribution < -0.4 is 4.72 Å². The molecule has 0 atom stereocenters. The van der Waals surface area contributed by atoms with Gasteiger partial charge >= 0.3 is 0 Å². The fourth-order valence-corrected chi connectivity index (χ4v) is 3.19. The molecule has 0 aliphatic carbocycles. The molecule has 1 rings (SSSR count). The summed E-state index contributed by atoms with van der Waals surface area (Å²) in [6, 6.07) is 6.32. The van der Waals surface area contributed by atoms with Crippen molar-refractivity contribution < 1.29 is 13.2 Å². The molecule has 4 nitrogen and oxygen atoms in total. The van der Waals surface area contributed by atoms with Crippen LogP contribution in [0.5, 0.6) is 0 Å². The first-order valence-corrected chi connectivity index (χ1v) is 7.73. The summed E-state index contributed by atoms with van der Waals surface area (Å²) < 4.78 is 26.2. The summed E-state index contributed by atoms with van der Waals surface area (Å²) in [5, 5.41) is 0. The van der Waals surface area contributed by atoms with E-state index >= 15 is 0 Å². The van der Waals surface area contributed by atoms with Gasteiger partial charge in [-0.1, -0.05) is 31.6 Å². The molecule has 0 saturated heterocycles. The smallest absolute Gasteiger partial charge is 0.265 e. The number of carbonyl (C=O) groups excluding carboxylic acids is 1. The van der Waals surface area contributed by atoms with Crippen LogP contribution in [0, 0.1) is 0 Å². The van der Waals surface area contributed by atoms with Gasteiger partial charge < -0.3 is 0 Å². The number of halogens is 1. The molecular formula is C12H14BrNO3S. The summed E-state index contributed by atoms with van der Waals surface area (Å²) in [4.78, 5) is 11.5. The minimum atomic E-state index is -3.82. The van der Waals surface area contributed by atoms with Crippen LogP contribution in [0.2, 0.25) is 0 Å². The molecule has 18 heavy (non-hydrogen) atoms. The number of carbonyl (C=O) groups is 1. The van der Waals surface area contributed by atoms with Gasteiger partial charge in [0.25, 0.3) is 15.9 Å². The third-order valence-corrected chi connectivity index (χ3v) is 4.44. The van der Waals surface area contributed by atoms with Crippen LogP contribution in [0.1, 0.15) is 19.8 Å². The summed E-state index contributed by atoms with van der Waals surface area (Å²) in [6.45, 7) is 1.97. The van der Waals surface area contributed by atoms with E-state index in [0.717, 1.165) is 12.8 Å². The molecule has 0 heterocycles. The van der Waals surface area contributed by atoms with Gasteiger partial charge in [0.2, 0.25) is 0 Å². The average molecular weight is 332 g/mol. The predicted molar refractivity (Wildman–Crippen MR) is 73.5 cm³/mol. The van der Waals surface area contributed by atoms with Crippen molar-refractivity contribution in [2.45, 2.75) is 24.7 Å². The quantitative estimate of drug-likeness (QED) is 0.843. The lowest BCUT2D eigenvalue weighted by molar-refractivity contribution is -0.114. The van der Waals surface area contributed by atoms with Gasteiger partial charge in [0.1, 0.15) is 4.90 Å². The Labute approximate surface area is 115 Å². The van der Waals surface area contributed by atoms with Gasteiger partial charge in [0, 0.05) is 4.47 Å². The molecule has 0 radical (unpaired) electrons. The topological polar surface area (TPSA) is 63.2 Å². The van der Waals surface area contributed by atoms with Gasteiger partial charge in [-0.15, -0.1) is 0 Å². The number of sulfonamides is 1. The van der Waals surface area contributed by atoms with Gasteiger partial charge in [0.05, 0.1) is 0 Å².